The zero-order valence-corrected chi connectivity index (χ0v) is 17.8. The average Bonchev–Trinajstić information content (AvgIpc) is 3.36. The standard InChI is InChI=1S/C20H25FN4O4S/c1-20(2,27)11-25-10-9-16(23-25)30(28,29)24-19(26)22-18-14-7-3-5-12(14)17(21)13-6-4-8-15(13)18/h9-10,27H,3-8,11H2,1-2H3,(H2,22,24,26). The molecule has 2 amide bonds. The van der Waals surface area contributed by atoms with Crippen LogP contribution in [0.3, 0.4) is 0 Å². The van der Waals surface area contributed by atoms with Gasteiger partial charge in [-0.05, 0) is 80.7 Å². The predicted molar refractivity (Wildman–Crippen MR) is 108 cm³/mol. The topological polar surface area (TPSA) is 113 Å². The zero-order valence-electron chi connectivity index (χ0n) is 17.0. The second-order valence-corrected chi connectivity index (χ2v) is 10.2. The van der Waals surface area contributed by atoms with Gasteiger partial charge in [0.25, 0.3) is 10.0 Å². The van der Waals surface area contributed by atoms with E-state index < -0.39 is 21.7 Å². The Morgan fingerprint density at radius 1 is 1.17 bits per heavy atom. The Morgan fingerprint density at radius 2 is 1.73 bits per heavy atom. The van der Waals surface area contributed by atoms with E-state index in [9.17, 15) is 22.7 Å². The number of sulfonamides is 1. The van der Waals surface area contributed by atoms with Gasteiger partial charge in [0.1, 0.15) is 5.82 Å². The summed E-state index contributed by atoms with van der Waals surface area (Å²) in [5.41, 5.74) is 2.31. The second-order valence-electron chi connectivity index (χ2n) is 8.53. The van der Waals surface area contributed by atoms with Crippen molar-refractivity contribution in [1.82, 2.24) is 14.5 Å². The van der Waals surface area contributed by atoms with Gasteiger partial charge in [-0.25, -0.2) is 13.9 Å². The lowest BCUT2D eigenvalue weighted by Crippen LogP contribution is -2.35. The van der Waals surface area contributed by atoms with Crippen LogP contribution in [0.25, 0.3) is 0 Å². The second kappa shape index (κ2) is 7.35. The van der Waals surface area contributed by atoms with E-state index >= 15 is 0 Å². The van der Waals surface area contributed by atoms with Gasteiger partial charge in [-0.3, -0.25) is 4.68 Å². The lowest BCUT2D eigenvalue weighted by atomic mass is 9.98. The number of carbonyl (C=O) groups is 1. The number of rotatable bonds is 5. The van der Waals surface area contributed by atoms with Crippen molar-refractivity contribution in [3.8, 4) is 0 Å². The van der Waals surface area contributed by atoms with E-state index in [4.69, 9.17) is 0 Å². The summed E-state index contributed by atoms with van der Waals surface area (Å²) < 4.78 is 43.2. The van der Waals surface area contributed by atoms with Crippen LogP contribution >= 0.6 is 0 Å². The summed E-state index contributed by atoms with van der Waals surface area (Å²) in [6.45, 7) is 3.25. The normalized spacial score (nSPS) is 15.7. The molecule has 8 nitrogen and oxygen atoms in total. The van der Waals surface area contributed by atoms with Crippen molar-refractivity contribution >= 4 is 21.7 Å². The van der Waals surface area contributed by atoms with Crippen LogP contribution in [0.2, 0.25) is 0 Å². The van der Waals surface area contributed by atoms with Crippen LogP contribution < -0.4 is 10.0 Å². The number of nitrogens with zero attached hydrogens (tertiary/aromatic N) is 2. The van der Waals surface area contributed by atoms with Crippen molar-refractivity contribution in [3.05, 3.63) is 40.3 Å². The molecule has 0 radical (unpaired) electrons. The van der Waals surface area contributed by atoms with E-state index in [1.807, 2.05) is 4.72 Å². The van der Waals surface area contributed by atoms with Gasteiger partial charge in [-0.1, -0.05) is 0 Å². The molecule has 0 unspecified atom stereocenters. The van der Waals surface area contributed by atoms with Gasteiger partial charge in [-0.2, -0.15) is 13.5 Å². The lowest BCUT2D eigenvalue weighted by molar-refractivity contribution is 0.0573. The molecular weight excluding hydrogens is 411 g/mol. The fourth-order valence-corrected chi connectivity index (χ4v) is 5.18. The lowest BCUT2D eigenvalue weighted by Gasteiger charge is -2.17. The number of urea groups is 1. The number of carbonyl (C=O) groups excluding carboxylic acids is 1. The average molecular weight is 437 g/mol. The Kier molecular flexibility index (Phi) is 5.09. The molecule has 1 aromatic carbocycles. The largest absolute Gasteiger partial charge is 0.389 e. The number of aromatic nitrogens is 2. The van der Waals surface area contributed by atoms with Crippen molar-refractivity contribution in [2.24, 2.45) is 0 Å². The molecule has 0 fully saturated rings. The van der Waals surface area contributed by atoms with Crippen molar-refractivity contribution in [3.63, 3.8) is 0 Å². The summed E-state index contributed by atoms with van der Waals surface area (Å²) in [4.78, 5) is 12.6. The third-order valence-electron chi connectivity index (χ3n) is 5.48. The fraction of sp³-hybridized carbons (Fsp3) is 0.500. The summed E-state index contributed by atoms with van der Waals surface area (Å²) in [5, 5.41) is 16.1. The highest BCUT2D eigenvalue weighted by molar-refractivity contribution is 7.90. The highest BCUT2D eigenvalue weighted by Gasteiger charge is 2.30. The number of hydrogen-bond donors (Lipinski definition) is 3. The van der Waals surface area contributed by atoms with Gasteiger partial charge in [-0.15, -0.1) is 0 Å². The van der Waals surface area contributed by atoms with E-state index in [0.717, 1.165) is 24.0 Å². The number of anilines is 1. The zero-order chi connectivity index (χ0) is 21.7. The summed E-state index contributed by atoms with van der Waals surface area (Å²) in [5.74, 6) is -0.161. The molecule has 2 aliphatic rings. The van der Waals surface area contributed by atoms with E-state index in [0.29, 0.717) is 42.5 Å². The van der Waals surface area contributed by atoms with Crippen LogP contribution in [0.4, 0.5) is 14.9 Å². The van der Waals surface area contributed by atoms with E-state index in [-0.39, 0.29) is 17.4 Å². The van der Waals surface area contributed by atoms with Crippen LogP contribution in [0.15, 0.2) is 17.3 Å². The van der Waals surface area contributed by atoms with Crippen LogP contribution in [0.5, 0.6) is 0 Å². The number of fused-ring (bicyclic) bond motifs is 2. The van der Waals surface area contributed by atoms with Gasteiger partial charge >= 0.3 is 6.03 Å². The maximum atomic E-state index is 14.8. The molecule has 30 heavy (non-hydrogen) atoms. The Bertz CT molecular complexity index is 1080. The minimum atomic E-state index is -4.20. The van der Waals surface area contributed by atoms with Gasteiger partial charge in [0.05, 0.1) is 12.1 Å². The van der Waals surface area contributed by atoms with E-state index in [1.54, 1.807) is 13.8 Å². The van der Waals surface area contributed by atoms with Crippen molar-refractivity contribution in [2.45, 2.75) is 69.5 Å². The molecule has 3 N–H and O–H groups in total. The highest BCUT2D eigenvalue weighted by Crippen LogP contribution is 2.40. The van der Waals surface area contributed by atoms with Gasteiger partial charge < -0.3 is 10.4 Å². The Morgan fingerprint density at radius 3 is 2.30 bits per heavy atom. The molecule has 1 aromatic heterocycles. The maximum Gasteiger partial charge on any atom is 0.333 e. The third-order valence-corrected chi connectivity index (χ3v) is 6.70. The van der Waals surface area contributed by atoms with E-state index in [2.05, 4.69) is 10.4 Å². The van der Waals surface area contributed by atoms with Crippen LogP contribution in [0.1, 0.15) is 48.9 Å². The molecule has 0 aliphatic heterocycles. The Labute approximate surface area is 174 Å². The Balaban J connectivity index is 1.55. The third kappa shape index (κ3) is 3.93. The number of nitrogens with one attached hydrogen (secondary N) is 2. The van der Waals surface area contributed by atoms with E-state index in [1.165, 1.54) is 16.9 Å². The highest BCUT2D eigenvalue weighted by atomic mass is 32.2. The summed E-state index contributed by atoms with van der Waals surface area (Å²) in [7, 11) is -4.20. The van der Waals surface area contributed by atoms with Crippen LogP contribution in [0, 0.1) is 5.82 Å². The molecule has 2 aliphatic carbocycles. The first-order chi connectivity index (χ1) is 14.0. The molecule has 10 heteroatoms. The number of benzene rings is 1. The van der Waals surface area contributed by atoms with Gasteiger partial charge in [0.2, 0.25) is 0 Å². The molecule has 162 valence electrons. The molecule has 2 aromatic rings. The number of aliphatic hydroxyl groups is 1. The molecule has 1 heterocycles. The molecule has 4 rings (SSSR count). The first-order valence-corrected chi connectivity index (χ1v) is 11.5. The van der Waals surface area contributed by atoms with Gasteiger partial charge in [0.15, 0.2) is 5.03 Å². The molecule has 0 saturated carbocycles. The summed E-state index contributed by atoms with van der Waals surface area (Å²) >= 11 is 0. The van der Waals surface area contributed by atoms with Crippen molar-refractivity contribution in [2.75, 3.05) is 5.32 Å². The first-order valence-electron chi connectivity index (χ1n) is 10.00. The quantitative estimate of drug-likeness (QED) is 0.666. The maximum absolute atomic E-state index is 14.8. The van der Waals surface area contributed by atoms with Gasteiger partial charge in [0, 0.05) is 11.9 Å². The smallest absolute Gasteiger partial charge is 0.333 e. The number of halogens is 1. The SMILES string of the molecule is CC(C)(O)Cn1ccc(S(=O)(=O)NC(=O)Nc2c3c(c(F)c4c2CCC4)CCC3)n1. The monoisotopic (exact) mass is 436 g/mol. The summed E-state index contributed by atoms with van der Waals surface area (Å²) in [6.07, 6.45) is 5.60. The summed E-state index contributed by atoms with van der Waals surface area (Å²) in [6, 6.07) is 0.358. The minimum absolute atomic E-state index is 0.0998. The van der Waals surface area contributed by atoms with Crippen LogP contribution in [-0.4, -0.2) is 34.9 Å². The molecule has 0 spiro atoms. The fourth-order valence-electron chi connectivity index (χ4n) is 4.32. The van der Waals surface area contributed by atoms with Crippen molar-refractivity contribution < 1.29 is 22.7 Å². The first kappa shape index (κ1) is 20.8. The number of amides is 2. The molecular formula is C20H25FN4O4S. The number of hydrogen-bond acceptors (Lipinski definition) is 5. The van der Waals surface area contributed by atoms with Crippen molar-refractivity contribution in [1.29, 1.82) is 0 Å². The Hall–Kier alpha value is -2.46. The molecule has 0 saturated heterocycles. The van der Waals surface area contributed by atoms with Crippen LogP contribution in [-0.2, 0) is 42.3 Å². The molecule has 0 atom stereocenters. The molecule has 0 bridgehead atoms. The minimum Gasteiger partial charge on any atom is -0.389 e. The predicted octanol–water partition coefficient (Wildman–Crippen LogP) is 2.28.